The summed E-state index contributed by atoms with van der Waals surface area (Å²) >= 11 is 11.2. The van der Waals surface area contributed by atoms with Gasteiger partial charge in [-0.15, -0.1) is 12.4 Å². The van der Waals surface area contributed by atoms with Gasteiger partial charge in [0.1, 0.15) is 5.15 Å². The van der Waals surface area contributed by atoms with Gasteiger partial charge in [0.2, 0.25) is 0 Å². The zero-order chi connectivity index (χ0) is 7.56. The van der Waals surface area contributed by atoms with E-state index in [4.69, 9.17) is 28.9 Å². The summed E-state index contributed by atoms with van der Waals surface area (Å²) in [6.45, 7) is 0.386. The highest BCUT2D eigenvalue weighted by molar-refractivity contribution is 6.41. The van der Waals surface area contributed by atoms with Crippen molar-refractivity contribution >= 4 is 35.6 Å². The van der Waals surface area contributed by atoms with Crippen molar-refractivity contribution in [3.8, 4) is 0 Å². The summed E-state index contributed by atoms with van der Waals surface area (Å²) in [6, 6.07) is 3.42. The van der Waals surface area contributed by atoms with E-state index in [2.05, 4.69) is 4.98 Å². The number of halogens is 3. The Labute approximate surface area is 81.1 Å². The second-order valence-corrected chi connectivity index (χ2v) is 2.54. The van der Waals surface area contributed by atoms with Gasteiger partial charge in [-0.2, -0.15) is 0 Å². The van der Waals surface area contributed by atoms with Crippen LogP contribution in [-0.4, -0.2) is 4.98 Å². The molecule has 62 valence electrons. The molecule has 0 aromatic carbocycles. The molecule has 0 saturated carbocycles. The SMILES string of the molecule is Cl.NCc1ccc(Cl)c(Cl)n1. The van der Waals surface area contributed by atoms with E-state index in [9.17, 15) is 0 Å². The first-order valence-corrected chi connectivity index (χ1v) is 3.50. The van der Waals surface area contributed by atoms with E-state index in [1.165, 1.54) is 0 Å². The van der Waals surface area contributed by atoms with E-state index in [0.29, 0.717) is 16.7 Å². The van der Waals surface area contributed by atoms with Crippen LogP contribution in [0.3, 0.4) is 0 Å². The van der Waals surface area contributed by atoms with Crippen molar-refractivity contribution in [1.82, 2.24) is 4.98 Å². The smallest absolute Gasteiger partial charge is 0.147 e. The van der Waals surface area contributed by atoms with Crippen molar-refractivity contribution < 1.29 is 0 Å². The lowest BCUT2D eigenvalue weighted by molar-refractivity contribution is 0.991. The third kappa shape index (κ3) is 2.83. The van der Waals surface area contributed by atoms with Crippen LogP contribution in [0.2, 0.25) is 10.2 Å². The second-order valence-electron chi connectivity index (χ2n) is 1.78. The summed E-state index contributed by atoms with van der Waals surface area (Å²) in [5, 5.41) is 0.767. The molecule has 0 aliphatic rings. The fraction of sp³-hybridized carbons (Fsp3) is 0.167. The van der Waals surface area contributed by atoms with E-state index in [0.717, 1.165) is 5.69 Å². The van der Waals surface area contributed by atoms with Crippen LogP contribution in [0.5, 0.6) is 0 Å². The number of rotatable bonds is 1. The summed E-state index contributed by atoms with van der Waals surface area (Å²) < 4.78 is 0. The van der Waals surface area contributed by atoms with Crippen LogP contribution in [0.25, 0.3) is 0 Å². The van der Waals surface area contributed by atoms with Crippen LogP contribution in [-0.2, 0) is 6.54 Å². The molecule has 0 unspecified atom stereocenters. The minimum absolute atomic E-state index is 0. The number of nitrogens with two attached hydrogens (primary N) is 1. The number of aromatic nitrogens is 1. The lowest BCUT2D eigenvalue weighted by atomic mass is 10.3. The standard InChI is InChI=1S/C6H6Cl2N2.ClH/c7-5-2-1-4(3-9)10-6(5)8;/h1-2H,3,9H2;1H. The Kier molecular flexibility index (Phi) is 4.77. The first-order valence-electron chi connectivity index (χ1n) is 2.75. The Bertz CT molecular complexity index is 239. The Morgan fingerprint density at radius 3 is 2.45 bits per heavy atom. The molecule has 0 aliphatic carbocycles. The topological polar surface area (TPSA) is 38.9 Å². The highest BCUT2D eigenvalue weighted by Gasteiger charge is 1.97. The average molecular weight is 213 g/mol. The summed E-state index contributed by atoms with van der Waals surface area (Å²) in [5.74, 6) is 0. The van der Waals surface area contributed by atoms with E-state index in [1.54, 1.807) is 12.1 Å². The zero-order valence-corrected chi connectivity index (χ0v) is 7.88. The molecule has 0 saturated heterocycles. The minimum atomic E-state index is 0. The quantitative estimate of drug-likeness (QED) is 0.727. The van der Waals surface area contributed by atoms with E-state index in [1.807, 2.05) is 0 Å². The van der Waals surface area contributed by atoms with Gasteiger partial charge in [0, 0.05) is 6.54 Å². The largest absolute Gasteiger partial charge is 0.325 e. The van der Waals surface area contributed by atoms with Crippen LogP contribution < -0.4 is 5.73 Å². The average Bonchev–Trinajstić information content (AvgIpc) is 1.95. The van der Waals surface area contributed by atoms with Gasteiger partial charge >= 0.3 is 0 Å². The molecule has 0 atom stereocenters. The molecule has 1 heterocycles. The van der Waals surface area contributed by atoms with Crippen molar-refractivity contribution in [1.29, 1.82) is 0 Å². The number of nitrogens with zero attached hydrogens (tertiary/aromatic N) is 1. The molecule has 11 heavy (non-hydrogen) atoms. The predicted octanol–water partition coefficient (Wildman–Crippen LogP) is 2.27. The highest BCUT2D eigenvalue weighted by Crippen LogP contribution is 2.18. The van der Waals surface area contributed by atoms with Crippen LogP contribution in [0, 0.1) is 0 Å². The predicted molar refractivity (Wildman–Crippen MR) is 49.4 cm³/mol. The second kappa shape index (κ2) is 4.78. The first-order chi connectivity index (χ1) is 4.74. The van der Waals surface area contributed by atoms with Crippen molar-refractivity contribution in [2.75, 3.05) is 0 Å². The van der Waals surface area contributed by atoms with Crippen LogP contribution in [0.4, 0.5) is 0 Å². The third-order valence-electron chi connectivity index (χ3n) is 1.07. The molecular formula is C6H7Cl3N2. The monoisotopic (exact) mass is 212 g/mol. The van der Waals surface area contributed by atoms with Crippen molar-refractivity contribution in [2.24, 2.45) is 5.73 Å². The maximum atomic E-state index is 5.60. The molecular weight excluding hydrogens is 206 g/mol. The Morgan fingerprint density at radius 1 is 1.36 bits per heavy atom. The molecule has 0 radical (unpaired) electrons. The minimum Gasteiger partial charge on any atom is -0.325 e. The van der Waals surface area contributed by atoms with Crippen LogP contribution in [0.15, 0.2) is 12.1 Å². The van der Waals surface area contributed by atoms with Gasteiger partial charge in [-0.1, -0.05) is 23.2 Å². The molecule has 1 rings (SSSR count). The lowest BCUT2D eigenvalue weighted by Gasteiger charge is -1.96. The molecule has 2 nitrogen and oxygen atoms in total. The number of hydrogen-bond acceptors (Lipinski definition) is 2. The van der Waals surface area contributed by atoms with Crippen LogP contribution >= 0.6 is 35.6 Å². The maximum absolute atomic E-state index is 5.60. The summed E-state index contributed by atoms with van der Waals surface area (Å²) in [6.07, 6.45) is 0. The lowest BCUT2D eigenvalue weighted by Crippen LogP contribution is -1.98. The molecule has 1 aromatic rings. The summed E-state index contributed by atoms with van der Waals surface area (Å²) in [7, 11) is 0. The van der Waals surface area contributed by atoms with Crippen molar-refractivity contribution in [2.45, 2.75) is 6.54 Å². The Morgan fingerprint density at radius 2 is 2.00 bits per heavy atom. The van der Waals surface area contributed by atoms with E-state index in [-0.39, 0.29) is 12.4 Å². The molecule has 1 aromatic heterocycles. The fourth-order valence-electron chi connectivity index (χ4n) is 0.569. The van der Waals surface area contributed by atoms with Gasteiger partial charge in [0.25, 0.3) is 0 Å². The van der Waals surface area contributed by atoms with Crippen molar-refractivity contribution in [3.05, 3.63) is 28.0 Å². The first kappa shape index (κ1) is 11.0. The van der Waals surface area contributed by atoms with Gasteiger partial charge in [0.15, 0.2) is 0 Å². The number of hydrogen-bond donors (Lipinski definition) is 1. The molecule has 2 N–H and O–H groups in total. The summed E-state index contributed by atoms with van der Waals surface area (Å²) in [4.78, 5) is 3.90. The van der Waals surface area contributed by atoms with Crippen molar-refractivity contribution in [3.63, 3.8) is 0 Å². The zero-order valence-electron chi connectivity index (χ0n) is 5.55. The molecule has 0 fully saturated rings. The van der Waals surface area contributed by atoms with Crippen LogP contribution in [0.1, 0.15) is 5.69 Å². The maximum Gasteiger partial charge on any atom is 0.147 e. The normalized spacial score (nSPS) is 9.00. The molecule has 0 aliphatic heterocycles. The van der Waals surface area contributed by atoms with Gasteiger partial charge in [0.05, 0.1) is 10.7 Å². The highest BCUT2D eigenvalue weighted by atomic mass is 35.5. The van der Waals surface area contributed by atoms with Gasteiger partial charge < -0.3 is 5.73 Å². The van der Waals surface area contributed by atoms with E-state index < -0.39 is 0 Å². The summed E-state index contributed by atoms with van der Waals surface area (Å²) in [5.41, 5.74) is 6.05. The number of pyridine rings is 1. The van der Waals surface area contributed by atoms with E-state index >= 15 is 0 Å². The Balaban J connectivity index is 0.000001000. The third-order valence-corrected chi connectivity index (χ3v) is 1.76. The molecule has 0 bridgehead atoms. The van der Waals surface area contributed by atoms with Gasteiger partial charge in [-0.25, -0.2) is 4.98 Å². The molecule has 5 heteroatoms. The van der Waals surface area contributed by atoms with Gasteiger partial charge in [-0.05, 0) is 12.1 Å². The fourth-order valence-corrected chi connectivity index (χ4v) is 0.845. The molecule has 0 spiro atoms. The Hall–Kier alpha value is -0.0200. The van der Waals surface area contributed by atoms with Gasteiger partial charge in [-0.3, -0.25) is 0 Å². The molecule has 0 amide bonds.